The molecule has 3 N–H and O–H groups in total. The van der Waals surface area contributed by atoms with Gasteiger partial charge in [0, 0.05) is 12.6 Å². The Hall–Kier alpha value is -2.17. The summed E-state index contributed by atoms with van der Waals surface area (Å²) >= 11 is 0. The summed E-state index contributed by atoms with van der Waals surface area (Å²) < 4.78 is 0. The quantitative estimate of drug-likeness (QED) is 0.356. The van der Waals surface area contributed by atoms with E-state index in [9.17, 15) is 4.79 Å². The average Bonchev–Trinajstić information content (AvgIpc) is 3.58. The zero-order valence-corrected chi connectivity index (χ0v) is 20.8. The van der Waals surface area contributed by atoms with Crippen molar-refractivity contribution in [2.75, 3.05) is 26.2 Å². The van der Waals surface area contributed by atoms with Crippen molar-refractivity contribution in [1.82, 2.24) is 10.2 Å². The lowest BCUT2D eigenvalue weighted by atomic mass is 9.64. The number of primary amides is 1. The number of hydrogen-bond acceptors (Lipinski definition) is 3. The lowest BCUT2D eigenvalue weighted by Crippen LogP contribution is -2.49. The van der Waals surface area contributed by atoms with E-state index in [1.807, 2.05) is 36.4 Å². The Labute approximate surface area is 206 Å². The van der Waals surface area contributed by atoms with E-state index in [0.29, 0.717) is 0 Å². The molecule has 1 saturated carbocycles. The summed E-state index contributed by atoms with van der Waals surface area (Å²) in [6.07, 6.45) is 13.1. The molecule has 34 heavy (non-hydrogen) atoms. The van der Waals surface area contributed by atoms with Crippen molar-refractivity contribution in [3.05, 3.63) is 71.8 Å². The van der Waals surface area contributed by atoms with Crippen LogP contribution in [0.1, 0.15) is 75.3 Å². The first kappa shape index (κ1) is 24.9. The Kier molecular flexibility index (Phi) is 9.18. The molecule has 2 fully saturated rings. The predicted molar refractivity (Wildman–Crippen MR) is 141 cm³/mol. The molecule has 0 radical (unpaired) electrons. The Morgan fingerprint density at radius 2 is 1.38 bits per heavy atom. The lowest BCUT2D eigenvalue weighted by Gasteiger charge is -2.37. The monoisotopic (exact) mass is 461 g/mol. The van der Waals surface area contributed by atoms with Gasteiger partial charge in [-0.2, -0.15) is 0 Å². The van der Waals surface area contributed by atoms with Gasteiger partial charge in [0.25, 0.3) is 0 Å². The van der Waals surface area contributed by atoms with Gasteiger partial charge in [0.15, 0.2) is 0 Å². The predicted octanol–water partition coefficient (Wildman–Crippen LogP) is 5.26. The van der Waals surface area contributed by atoms with E-state index in [0.717, 1.165) is 43.2 Å². The fourth-order valence-electron chi connectivity index (χ4n) is 5.85. The molecule has 2 aromatic carbocycles. The summed E-state index contributed by atoms with van der Waals surface area (Å²) in [6.45, 7) is 4.31. The highest BCUT2D eigenvalue weighted by atomic mass is 16.1. The number of benzene rings is 2. The third kappa shape index (κ3) is 6.28. The van der Waals surface area contributed by atoms with Gasteiger partial charge in [-0.25, -0.2) is 0 Å². The van der Waals surface area contributed by atoms with Gasteiger partial charge in [-0.3, -0.25) is 4.79 Å². The van der Waals surface area contributed by atoms with E-state index in [2.05, 4.69) is 34.5 Å². The third-order valence-electron chi connectivity index (χ3n) is 7.89. The second-order valence-corrected chi connectivity index (χ2v) is 10.4. The van der Waals surface area contributed by atoms with E-state index >= 15 is 0 Å². The van der Waals surface area contributed by atoms with Gasteiger partial charge in [0.1, 0.15) is 5.41 Å². The molecular formula is C30H43N3O. The number of unbranched alkanes of at least 4 members (excludes halogenated alkanes) is 6. The molecule has 1 aliphatic carbocycles. The molecular weight excluding hydrogens is 418 g/mol. The van der Waals surface area contributed by atoms with Crippen molar-refractivity contribution in [1.29, 1.82) is 0 Å². The van der Waals surface area contributed by atoms with Crippen LogP contribution in [0.3, 0.4) is 0 Å². The molecule has 0 unspecified atom stereocenters. The molecule has 184 valence electrons. The van der Waals surface area contributed by atoms with E-state index < -0.39 is 5.41 Å². The van der Waals surface area contributed by atoms with Crippen molar-refractivity contribution in [2.45, 2.75) is 75.7 Å². The standard InChI is InChI=1S/C30H43N3O/c31-29(34)30(25-14-8-6-9-15-25,26-16-10-7-11-17-26)27-20-23-33(24-27)22-13-5-3-1-2-4-12-21-32-28-18-19-28/h6-11,14-17,27-28,32H,1-5,12-13,18-24H2,(H2,31,34)/t27-/m1/s1. The number of amides is 1. The molecule has 1 atom stereocenters. The van der Waals surface area contributed by atoms with Crippen LogP contribution in [0.5, 0.6) is 0 Å². The second-order valence-electron chi connectivity index (χ2n) is 10.4. The number of carbonyl (C=O) groups excluding carboxylic acids is 1. The number of likely N-dealkylation sites (tertiary alicyclic amines) is 1. The first-order valence-corrected chi connectivity index (χ1v) is 13.6. The molecule has 4 rings (SSSR count). The first-order chi connectivity index (χ1) is 16.7. The van der Waals surface area contributed by atoms with Crippen LogP contribution in [0.15, 0.2) is 60.7 Å². The SMILES string of the molecule is NC(=O)C(c1ccccc1)(c1ccccc1)[C@@H]1CCN(CCCCCCCCCNC2CC2)C1. The van der Waals surface area contributed by atoms with Crippen LogP contribution in [0, 0.1) is 5.92 Å². The van der Waals surface area contributed by atoms with Crippen molar-refractivity contribution in [3.8, 4) is 0 Å². The number of nitrogens with zero attached hydrogens (tertiary/aromatic N) is 1. The van der Waals surface area contributed by atoms with Gasteiger partial charge in [-0.1, -0.05) is 92.8 Å². The van der Waals surface area contributed by atoms with Crippen LogP contribution in [-0.2, 0) is 10.2 Å². The van der Waals surface area contributed by atoms with Gasteiger partial charge in [-0.05, 0) is 68.8 Å². The molecule has 2 aliphatic rings. The molecule has 2 aromatic rings. The maximum Gasteiger partial charge on any atom is 0.232 e. The number of nitrogens with one attached hydrogen (secondary N) is 1. The molecule has 1 heterocycles. The molecule has 0 spiro atoms. The van der Waals surface area contributed by atoms with Crippen molar-refractivity contribution >= 4 is 5.91 Å². The first-order valence-electron chi connectivity index (χ1n) is 13.6. The summed E-state index contributed by atoms with van der Waals surface area (Å²) in [5.41, 5.74) is 7.49. The van der Waals surface area contributed by atoms with Gasteiger partial charge in [0.05, 0.1) is 0 Å². The zero-order valence-electron chi connectivity index (χ0n) is 20.8. The molecule has 4 nitrogen and oxygen atoms in total. The number of rotatable bonds is 15. The van der Waals surface area contributed by atoms with Crippen LogP contribution in [0.4, 0.5) is 0 Å². The van der Waals surface area contributed by atoms with Crippen LogP contribution in [0.25, 0.3) is 0 Å². The van der Waals surface area contributed by atoms with Crippen LogP contribution in [-0.4, -0.2) is 43.0 Å². The largest absolute Gasteiger partial charge is 0.369 e. The summed E-state index contributed by atoms with van der Waals surface area (Å²) in [6, 6.07) is 21.2. The molecule has 1 amide bonds. The number of nitrogens with two attached hydrogens (primary N) is 1. The lowest BCUT2D eigenvalue weighted by molar-refractivity contribution is -0.123. The van der Waals surface area contributed by atoms with Gasteiger partial charge >= 0.3 is 0 Å². The van der Waals surface area contributed by atoms with E-state index in [-0.39, 0.29) is 11.8 Å². The normalized spacial score (nSPS) is 18.9. The summed E-state index contributed by atoms with van der Waals surface area (Å²) in [5, 5.41) is 3.61. The third-order valence-corrected chi connectivity index (χ3v) is 7.89. The van der Waals surface area contributed by atoms with Crippen LogP contribution in [0.2, 0.25) is 0 Å². The highest BCUT2D eigenvalue weighted by Crippen LogP contribution is 2.43. The Morgan fingerprint density at radius 1 is 0.824 bits per heavy atom. The Bertz CT molecular complexity index is 826. The topological polar surface area (TPSA) is 58.4 Å². The second kappa shape index (κ2) is 12.5. The minimum absolute atomic E-state index is 0.194. The fraction of sp³-hybridized carbons (Fsp3) is 0.567. The smallest absolute Gasteiger partial charge is 0.232 e. The van der Waals surface area contributed by atoms with Crippen molar-refractivity contribution in [2.24, 2.45) is 11.7 Å². The highest BCUT2D eigenvalue weighted by Gasteiger charge is 2.49. The summed E-state index contributed by atoms with van der Waals surface area (Å²) in [4.78, 5) is 15.7. The molecule has 1 saturated heterocycles. The van der Waals surface area contributed by atoms with Gasteiger partial charge in [0.2, 0.25) is 5.91 Å². The summed E-state index contributed by atoms with van der Waals surface area (Å²) in [5.74, 6) is -0.0388. The molecule has 0 aromatic heterocycles. The number of carbonyl (C=O) groups is 1. The fourth-order valence-corrected chi connectivity index (χ4v) is 5.85. The Morgan fingerprint density at radius 3 is 1.94 bits per heavy atom. The maximum absolute atomic E-state index is 13.2. The zero-order chi connectivity index (χ0) is 23.6. The molecule has 0 bridgehead atoms. The Balaban J connectivity index is 1.26. The van der Waals surface area contributed by atoms with Crippen molar-refractivity contribution in [3.63, 3.8) is 0 Å². The van der Waals surface area contributed by atoms with Crippen LogP contribution < -0.4 is 11.1 Å². The number of hydrogen-bond donors (Lipinski definition) is 2. The highest BCUT2D eigenvalue weighted by molar-refractivity contribution is 5.91. The molecule has 4 heteroatoms. The maximum atomic E-state index is 13.2. The van der Waals surface area contributed by atoms with E-state index in [1.54, 1.807) is 0 Å². The van der Waals surface area contributed by atoms with Gasteiger partial charge in [-0.15, -0.1) is 0 Å². The van der Waals surface area contributed by atoms with Crippen LogP contribution >= 0.6 is 0 Å². The van der Waals surface area contributed by atoms with E-state index in [4.69, 9.17) is 5.73 Å². The minimum Gasteiger partial charge on any atom is -0.369 e. The average molecular weight is 462 g/mol. The minimum atomic E-state index is -0.772. The molecule has 1 aliphatic heterocycles. The van der Waals surface area contributed by atoms with Crippen molar-refractivity contribution < 1.29 is 4.79 Å². The van der Waals surface area contributed by atoms with Gasteiger partial charge < -0.3 is 16.0 Å². The van der Waals surface area contributed by atoms with E-state index in [1.165, 1.54) is 64.3 Å². The summed E-state index contributed by atoms with van der Waals surface area (Å²) in [7, 11) is 0.